The smallest absolute Gasteiger partial charge is 0.0931 e. The molecule has 0 amide bonds. The second-order valence-corrected chi connectivity index (χ2v) is 4.86. The summed E-state index contributed by atoms with van der Waals surface area (Å²) in [5.74, 6) is 0. The van der Waals surface area contributed by atoms with E-state index in [4.69, 9.17) is 16.3 Å². The van der Waals surface area contributed by atoms with Crippen LogP contribution in [0.2, 0.25) is 5.02 Å². The van der Waals surface area contributed by atoms with Crippen LogP contribution in [0.15, 0.2) is 24.3 Å². The number of nitrogens with zero attached hydrogens (tertiary/aromatic N) is 1. The van der Waals surface area contributed by atoms with Crippen LogP contribution < -0.4 is 0 Å². The second-order valence-electron chi connectivity index (χ2n) is 4.46. The van der Waals surface area contributed by atoms with Crippen LogP contribution in [-0.2, 0) is 4.74 Å². The van der Waals surface area contributed by atoms with Gasteiger partial charge in [0.15, 0.2) is 0 Å². The number of aliphatic hydroxyl groups excluding tert-OH is 1. The lowest BCUT2D eigenvalue weighted by Crippen LogP contribution is -2.45. The Balaban J connectivity index is 2.01. The normalized spacial score (nSPS) is 23.6. The lowest BCUT2D eigenvalue weighted by atomic mass is 10.1. The highest BCUT2D eigenvalue weighted by atomic mass is 35.5. The Morgan fingerprint density at radius 2 is 2.29 bits per heavy atom. The molecule has 94 valence electrons. The molecule has 0 aliphatic carbocycles. The molecule has 17 heavy (non-hydrogen) atoms. The van der Waals surface area contributed by atoms with Crippen LogP contribution in [0, 0.1) is 0 Å². The Morgan fingerprint density at radius 3 is 3.00 bits per heavy atom. The van der Waals surface area contributed by atoms with E-state index in [1.165, 1.54) is 0 Å². The lowest BCUT2D eigenvalue weighted by Gasteiger charge is -2.34. The summed E-state index contributed by atoms with van der Waals surface area (Å²) in [6.45, 7) is 5.05. The van der Waals surface area contributed by atoms with E-state index in [0.29, 0.717) is 17.6 Å². The van der Waals surface area contributed by atoms with Crippen molar-refractivity contribution >= 4 is 11.6 Å². The molecule has 2 atom stereocenters. The minimum atomic E-state index is -0.538. The number of β-amino-alcohol motifs (C(OH)–C–C–N with tert-alkyl or cyclic N) is 1. The highest BCUT2D eigenvalue weighted by Crippen LogP contribution is 2.24. The largest absolute Gasteiger partial charge is 0.387 e. The third-order valence-corrected chi connectivity index (χ3v) is 3.52. The van der Waals surface area contributed by atoms with Crippen LogP contribution in [0.3, 0.4) is 0 Å². The average Bonchev–Trinajstić information content (AvgIpc) is 2.32. The molecule has 1 fully saturated rings. The number of hydrogen-bond donors (Lipinski definition) is 1. The molecule has 3 nitrogen and oxygen atoms in total. The number of hydrogen-bond acceptors (Lipinski definition) is 3. The summed E-state index contributed by atoms with van der Waals surface area (Å²) in [5.41, 5.74) is 0.799. The van der Waals surface area contributed by atoms with Gasteiger partial charge < -0.3 is 9.84 Å². The van der Waals surface area contributed by atoms with Crippen LogP contribution >= 0.6 is 11.6 Å². The minimum Gasteiger partial charge on any atom is -0.387 e. The molecule has 1 aliphatic rings. The van der Waals surface area contributed by atoms with Gasteiger partial charge in [0.1, 0.15) is 0 Å². The maximum atomic E-state index is 10.2. The summed E-state index contributed by atoms with van der Waals surface area (Å²) >= 11 is 6.07. The van der Waals surface area contributed by atoms with Crippen molar-refractivity contribution in [3.8, 4) is 0 Å². The summed E-state index contributed by atoms with van der Waals surface area (Å²) in [6.07, 6.45) is -0.538. The molecule has 1 aromatic rings. The van der Waals surface area contributed by atoms with Gasteiger partial charge in [-0.1, -0.05) is 29.8 Å². The predicted octanol–water partition coefficient (Wildman–Crippen LogP) is 2.09. The van der Waals surface area contributed by atoms with Gasteiger partial charge >= 0.3 is 0 Å². The Hall–Kier alpha value is -0.610. The first-order valence-electron chi connectivity index (χ1n) is 5.93. The molecule has 2 rings (SSSR count). The molecule has 1 saturated heterocycles. The summed E-state index contributed by atoms with van der Waals surface area (Å²) in [7, 11) is 0. The number of rotatable bonds is 3. The maximum Gasteiger partial charge on any atom is 0.0931 e. The highest BCUT2D eigenvalue weighted by molar-refractivity contribution is 6.31. The zero-order valence-corrected chi connectivity index (χ0v) is 10.7. The highest BCUT2D eigenvalue weighted by Gasteiger charge is 2.22. The molecule has 0 bridgehead atoms. The Morgan fingerprint density at radius 1 is 1.53 bits per heavy atom. The summed E-state index contributed by atoms with van der Waals surface area (Å²) in [4.78, 5) is 2.23. The van der Waals surface area contributed by atoms with Crippen LogP contribution in [0.1, 0.15) is 18.6 Å². The molecule has 0 saturated carbocycles. The average molecular weight is 256 g/mol. The van der Waals surface area contributed by atoms with Gasteiger partial charge in [0, 0.05) is 29.7 Å². The molecule has 1 heterocycles. The molecular formula is C13H18ClNO2. The molecule has 0 aromatic heterocycles. The van der Waals surface area contributed by atoms with E-state index < -0.39 is 6.10 Å². The Labute approximate surface area is 107 Å². The Kier molecular flexibility index (Phi) is 4.40. The second kappa shape index (κ2) is 5.83. The first-order valence-corrected chi connectivity index (χ1v) is 6.30. The van der Waals surface area contributed by atoms with Crippen LogP contribution in [0.5, 0.6) is 0 Å². The number of ether oxygens (including phenoxy) is 1. The number of benzene rings is 1. The quantitative estimate of drug-likeness (QED) is 0.898. The van der Waals surface area contributed by atoms with Crippen LogP contribution in [0.25, 0.3) is 0 Å². The van der Waals surface area contributed by atoms with Gasteiger partial charge in [0.2, 0.25) is 0 Å². The van der Waals surface area contributed by atoms with Gasteiger partial charge in [-0.05, 0) is 13.0 Å². The standard InChI is InChI=1S/C13H18ClNO2/c1-10-9-17-7-6-15(10)8-13(16)11-4-2-3-5-12(11)14/h2-5,10,13,16H,6-9H2,1H3/t10-,13-/m0/s1. The van der Waals surface area contributed by atoms with Crippen molar-refractivity contribution in [2.24, 2.45) is 0 Å². The van der Waals surface area contributed by atoms with Gasteiger partial charge in [-0.3, -0.25) is 4.90 Å². The predicted molar refractivity (Wildman–Crippen MR) is 68.3 cm³/mol. The van der Waals surface area contributed by atoms with Crippen molar-refractivity contribution in [2.45, 2.75) is 19.1 Å². The molecule has 1 N–H and O–H groups in total. The number of halogens is 1. The summed E-state index contributed by atoms with van der Waals surface area (Å²) < 4.78 is 5.37. The fraction of sp³-hybridized carbons (Fsp3) is 0.538. The first-order chi connectivity index (χ1) is 8.18. The number of aliphatic hydroxyl groups is 1. The molecule has 0 unspecified atom stereocenters. The zero-order chi connectivity index (χ0) is 12.3. The van der Waals surface area contributed by atoms with Crippen LogP contribution in [0.4, 0.5) is 0 Å². The van der Waals surface area contributed by atoms with Crippen molar-refractivity contribution in [3.05, 3.63) is 34.9 Å². The molecule has 0 spiro atoms. The fourth-order valence-corrected chi connectivity index (χ4v) is 2.36. The van der Waals surface area contributed by atoms with Crippen molar-refractivity contribution in [1.82, 2.24) is 4.90 Å². The fourth-order valence-electron chi connectivity index (χ4n) is 2.10. The van der Waals surface area contributed by atoms with E-state index in [9.17, 15) is 5.11 Å². The topological polar surface area (TPSA) is 32.7 Å². The van der Waals surface area contributed by atoms with Crippen molar-refractivity contribution in [3.63, 3.8) is 0 Å². The van der Waals surface area contributed by atoms with E-state index in [-0.39, 0.29) is 0 Å². The third-order valence-electron chi connectivity index (χ3n) is 3.18. The maximum absolute atomic E-state index is 10.2. The SMILES string of the molecule is C[C@H]1COCCN1C[C@H](O)c1ccccc1Cl. The monoisotopic (exact) mass is 255 g/mol. The number of morpholine rings is 1. The van der Waals surface area contributed by atoms with Gasteiger partial charge in [0.05, 0.1) is 19.3 Å². The van der Waals surface area contributed by atoms with Gasteiger partial charge in [0.25, 0.3) is 0 Å². The summed E-state index contributed by atoms with van der Waals surface area (Å²) in [6, 6.07) is 7.80. The molecular weight excluding hydrogens is 238 g/mol. The van der Waals surface area contributed by atoms with Crippen LogP contribution in [-0.4, -0.2) is 42.4 Å². The van der Waals surface area contributed by atoms with E-state index in [0.717, 1.165) is 25.3 Å². The van der Waals surface area contributed by atoms with E-state index in [2.05, 4.69) is 11.8 Å². The first kappa shape index (κ1) is 12.8. The van der Waals surface area contributed by atoms with Gasteiger partial charge in [-0.15, -0.1) is 0 Å². The lowest BCUT2D eigenvalue weighted by molar-refractivity contribution is -0.0202. The molecule has 1 aliphatic heterocycles. The van der Waals surface area contributed by atoms with E-state index in [1.807, 2.05) is 24.3 Å². The molecule has 0 radical (unpaired) electrons. The van der Waals surface area contributed by atoms with Gasteiger partial charge in [-0.2, -0.15) is 0 Å². The van der Waals surface area contributed by atoms with Crippen molar-refractivity contribution < 1.29 is 9.84 Å². The Bertz CT molecular complexity index is 372. The zero-order valence-electron chi connectivity index (χ0n) is 9.97. The van der Waals surface area contributed by atoms with E-state index >= 15 is 0 Å². The molecule has 4 heteroatoms. The summed E-state index contributed by atoms with van der Waals surface area (Å²) in [5, 5.41) is 10.8. The third kappa shape index (κ3) is 3.19. The molecule has 1 aromatic carbocycles. The van der Waals surface area contributed by atoms with Gasteiger partial charge in [-0.25, -0.2) is 0 Å². The van der Waals surface area contributed by atoms with Crippen molar-refractivity contribution in [1.29, 1.82) is 0 Å². The van der Waals surface area contributed by atoms with Crippen molar-refractivity contribution in [2.75, 3.05) is 26.3 Å². The minimum absolute atomic E-state index is 0.348. The van der Waals surface area contributed by atoms with E-state index in [1.54, 1.807) is 0 Å².